The standard InChI is InChI=1S/C16H13FN4O.H2O/c1-10-15-16(22)20(12-8-6-11(17)7-9-12)19-21(15)14-5-3-2-4-13(14)18-10;/h2-9,19,22H,1H3;1H2. The number of benzene rings is 2. The summed E-state index contributed by atoms with van der Waals surface area (Å²) in [6.07, 6.45) is 0. The number of allylic oxidation sites excluding steroid dienone is 1. The molecule has 0 spiro atoms. The van der Waals surface area contributed by atoms with Crippen LogP contribution >= 0.6 is 0 Å². The number of aliphatic hydroxyl groups is 1. The lowest BCUT2D eigenvalue weighted by Gasteiger charge is -2.27. The Hall–Kier alpha value is -2.90. The topological polar surface area (TPSA) is 82.6 Å². The Morgan fingerprint density at radius 1 is 1.04 bits per heavy atom. The van der Waals surface area contributed by atoms with Gasteiger partial charge in [-0.3, -0.25) is 0 Å². The molecule has 0 saturated heterocycles. The molecule has 0 radical (unpaired) electrons. The zero-order chi connectivity index (χ0) is 15.3. The van der Waals surface area contributed by atoms with Crippen molar-refractivity contribution >= 4 is 22.8 Å². The molecule has 6 nitrogen and oxygen atoms in total. The minimum absolute atomic E-state index is 0. The lowest BCUT2D eigenvalue weighted by molar-refractivity contribution is 0.389. The molecule has 0 unspecified atom stereocenters. The molecule has 4 rings (SSSR count). The first kappa shape index (κ1) is 15.0. The van der Waals surface area contributed by atoms with Crippen molar-refractivity contribution in [2.45, 2.75) is 6.92 Å². The molecule has 2 heterocycles. The van der Waals surface area contributed by atoms with Gasteiger partial charge >= 0.3 is 0 Å². The van der Waals surface area contributed by atoms with Crippen LogP contribution in [0.4, 0.5) is 21.5 Å². The molecule has 0 aliphatic carbocycles. The highest BCUT2D eigenvalue weighted by Crippen LogP contribution is 2.39. The SMILES string of the molecule is CC1=Nc2ccccc2N2NN(c3ccc(F)cc3)C(O)=C12.O. The molecule has 2 aromatic carbocycles. The summed E-state index contributed by atoms with van der Waals surface area (Å²) in [6, 6.07) is 13.5. The molecule has 0 bridgehead atoms. The van der Waals surface area contributed by atoms with Gasteiger partial charge in [0.1, 0.15) is 11.5 Å². The quantitative estimate of drug-likeness (QED) is 0.847. The molecular weight excluding hydrogens is 299 g/mol. The van der Waals surface area contributed by atoms with Gasteiger partial charge in [0.2, 0.25) is 5.88 Å². The van der Waals surface area contributed by atoms with Crippen LogP contribution in [0, 0.1) is 5.82 Å². The predicted octanol–water partition coefficient (Wildman–Crippen LogP) is 2.58. The second-order valence-electron chi connectivity index (χ2n) is 5.11. The second-order valence-corrected chi connectivity index (χ2v) is 5.11. The Morgan fingerprint density at radius 2 is 1.74 bits per heavy atom. The Labute approximate surface area is 132 Å². The number of aliphatic hydroxyl groups excluding tert-OH is 1. The number of aliphatic imine (C=N–C) groups is 1. The number of hydrazine groups is 2. The molecular formula is C16H15FN4O2. The Balaban J connectivity index is 0.00000156. The second kappa shape index (κ2) is 5.38. The summed E-state index contributed by atoms with van der Waals surface area (Å²) in [6.45, 7) is 1.84. The van der Waals surface area contributed by atoms with Crippen LogP contribution in [0.5, 0.6) is 0 Å². The van der Waals surface area contributed by atoms with E-state index >= 15 is 0 Å². The van der Waals surface area contributed by atoms with Crippen LogP contribution in [0.25, 0.3) is 0 Å². The first-order valence-corrected chi connectivity index (χ1v) is 6.85. The van der Waals surface area contributed by atoms with Gasteiger partial charge in [-0.25, -0.2) is 19.4 Å². The zero-order valence-electron chi connectivity index (χ0n) is 12.3. The number of rotatable bonds is 1. The Kier molecular flexibility index (Phi) is 3.51. The molecule has 0 atom stereocenters. The van der Waals surface area contributed by atoms with Crippen molar-refractivity contribution in [2.24, 2.45) is 4.99 Å². The third kappa shape index (κ3) is 2.23. The summed E-state index contributed by atoms with van der Waals surface area (Å²) >= 11 is 0. The summed E-state index contributed by atoms with van der Waals surface area (Å²) < 4.78 is 13.1. The smallest absolute Gasteiger partial charge is 0.235 e. The van der Waals surface area contributed by atoms with E-state index in [1.165, 1.54) is 17.1 Å². The number of nitrogens with zero attached hydrogens (tertiary/aromatic N) is 3. The molecule has 0 aromatic heterocycles. The number of halogens is 1. The molecule has 2 aliphatic heterocycles. The number of anilines is 2. The maximum Gasteiger partial charge on any atom is 0.235 e. The fourth-order valence-electron chi connectivity index (χ4n) is 2.65. The molecule has 118 valence electrons. The van der Waals surface area contributed by atoms with Crippen molar-refractivity contribution < 1.29 is 15.0 Å². The summed E-state index contributed by atoms with van der Waals surface area (Å²) in [5.41, 5.74) is 6.69. The van der Waals surface area contributed by atoms with Crippen LogP contribution in [0.2, 0.25) is 0 Å². The van der Waals surface area contributed by atoms with Crippen molar-refractivity contribution in [1.29, 1.82) is 0 Å². The lowest BCUT2D eigenvalue weighted by Crippen LogP contribution is -2.43. The van der Waals surface area contributed by atoms with Gasteiger partial charge in [-0.1, -0.05) is 12.1 Å². The molecule has 0 fully saturated rings. The minimum Gasteiger partial charge on any atom is -0.492 e. The summed E-state index contributed by atoms with van der Waals surface area (Å²) in [5, 5.41) is 13.8. The van der Waals surface area contributed by atoms with Crippen LogP contribution in [0.3, 0.4) is 0 Å². The zero-order valence-corrected chi connectivity index (χ0v) is 12.3. The van der Waals surface area contributed by atoms with E-state index < -0.39 is 0 Å². The van der Waals surface area contributed by atoms with Crippen LogP contribution < -0.4 is 15.6 Å². The first-order valence-electron chi connectivity index (χ1n) is 6.85. The van der Waals surface area contributed by atoms with Gasteiger partial charge in [0.05, 0.1) is 22.8 Å². The number of para-hydroxylation sites is 2. The van der Waals surface area contributed by atoms with Crippen molar-refractivity contribution in [2.75, 3.05) is 10.0 Å². The molecule has 7 heteroatoms. The van der Waals surface area contributed by atoms with Gasteiger partial charge in [0.15, 0.2) is 0 Å². The van der Waals surface area contributed by atoms with Gasteiger partial charge in [0, 0.05) is 0 Å². The third-order valence-corrected chi connectivity index (χ3v) is 3.69. The molecule has 2 aliphatic rings. The van der Waals surface area contributed by atoms with Crippen LogP contribution in [0.1, 0.15) is 6.92 Å². The van der Waals surface area contributed by atoms with E-state index in [1.807, 2.05) is 31.2 Å². The molecule has 0 amide bonds. The fourth-order valence-corrected chi connectivity index (χ4v) is 2.65. The van der Waals surface area contributed by atoms with E-state index in [-0.39, 0.29) is 17.2 Å². The summed E-state index contributed by atoms with van der Waals surface area (Å²) in [5.74, 6) is -0.293. The fraction of sp³-hybridized carbons (Fsp3) is 0.0625. The number of nitrogens with one attached hydrogen (secondary N) is 1. The minimum atomic E-state index is -0.323. The van der Waals surface area contributed by atoms with E-state index in [0.717, 1.165) is 11.4 Å². The van der Waals surface area contributed by atoms with Crippen molar-refractivity contribution in [1.82, 2.24) is 5.53 Å². The van der Waals surface area contributed by atoms with Crippen LogP contribution in [0.15, 0.2) is 65.1 Å². The highest BCUT2D eigenvalue weighted by Gasteiger charge is 2.36. The van der Waals surface area contributed by atoms with Gasteiger partial charge < -0.3 is 10.6 Å². The van der Waals surface area contributed by atoms with Crippen LogP contribution in [-0.4, -0.2) is 16.3 Å². The first-order chi connectivity index (χ1) is 10.6. The van der Waals surface area contributed by atoms with E-state index in [2.05, 4.69) is 10.5 Å². The van der Waals surface area contributed by atoms with Crippen molar-refractivity contribution in [3.63, 3.8) is 0 Å². The normalized spacial score (nSPS) is 15.8. The van der Waals surface area contributed by atoms with Gasteiger partial charge in [-0.15, -0.1) is 5.53 Å². The van der Waals surface area contributed by atoms with Crippen molar-refractivity contribution in [3.05, 3.63) is 65.9 Å². The largest absolute Gasteiger partial charge is 0.492 e. The maximum absolute atomic E-state index is 13.1. The molecule has 2 aromatic rings. The maximum atomic E-state index is 13.1. The molecule has 4 N–H and O–H groups in total. The highest BCUT2D eigenvalue weighted by molar-refractivity contribution is 6.07. The van der Waals surface area contributed by atoms with Gasteiger partial charge in [-0.05, 0) is 43.3 Å². The third-order valence-electron chi connectivity index (χ3n) is 3.69. The van der Waals surface area contributed by atoms with Gasteiger partial charge in [-0.2, -0.15) is 0 Å². The average Bonchev–Trinajstić information content (AvgIpc) is 2.87. The monoisotopic (exact) mass is 314 g/mol. The Bertz CT molecular complexity index is 817. The van der Waals surface area contributed by atoms with E-state index in [0.29, 0.717) is 17.1 Å². The lowest BCUT2D eigenvalue weighted by atomic mass is 10.1. The number of hydrogen-bond acceptors (Lipinski definition) is 5. The predicted molar refractivity (Wildman–Crippen MR) is 87.0 cm³/mol. The Morgan fingerprint density at radius 3 is 2.48 bits per heavy atom. The average molecular weight is 314 g/mol. The van der Waals surface area contributed by atoms with Crippen molar-refractivity contribution in [3.8, 4) is 0 Å². The molecule has 0 saturated carbocycles. The van der Waals surface area contributed by atoms with Gasteiger partial charge in [0.25, 0.3) is 0 Å². The number of hydrogen-bond donors (Lipinski definition) is 2. The summed E-state index contributed by atoms with van der Waals surface area (Å²) in [7, 11) is 0. The highest BCUT2D eigenvalue weighted by atomic mass is 19.1. The summed E-state index contributed by atoms with van der Waals surface area (Å²) in [4.78, 5) is 4.51. The van der Waals surface area contributed by atoms with E-state index in [4.69, 9.17) is 0 Å². The van der Waals surface area contributed by atoms with E-state index in [9.17, 15) is 9.50 Å². The molecule has 23 heavy (non-hydrogen) atoms. The van der Waals surface area contributed by atoms with Crippen LogP contribution in [-0.2, 0) is 0 Å². The number of fused-ring (bicyclic) bond motifs is 3. The van der Waals surface area contributed by atoms with E-state index in [1.54, 1.807) is 17.1 Å².